The highest BCUT2D eigenvalue weighted by Gasteiger charge is 2.34. The Bertz CT molecular complexity index is 1340. The number of carbonyl (C=O) groups excluding carboxylic acids is 2. The number of hydrogen-bond donors (Lipinski definition) is 1. The molecule has 1 atom stereocenters. The Morgan fingerprint density at radius 2 is 1.57 bits per heavy atom. The minimum Gasteiger partial charge on any atom is -0.355 e. The smallest absolute Gasteiger partial charge is 0.264 e. The fraction of sp³-hybridized carbons (Fsp3) is 0.259. The Morgan fingerprint density at radius 1 is 0.946 bits per heavy atom. The standard InChI is InChI=1S/C27H29ClFN3O4S/c1-3-24(27(34)30-4-2)31(18-20-12-8-9-15-22(20)28)26(33)19-32(25-17-11-10-16-23(25)29)37(35,36)21-13-6-5-7-14-21/h5-17,24H,3-4,18-19H2,1-2H3,(H,30,34)/t24-/m1/s1. The largest absolute Gasteiger partial charge is 0.355 e. The quantitative estimate of drug-likeness (QED) is 0.381. The molecule has 0 saturated carbocycles. The molecule has 3 aromatic carbocycles. The number of para-hydroxylation sites is 1. The van der Waals surface area contributed by atoms with Crippen molar-refractivity contribution in [2.75, 3.05) is 17.4 Å². The molecule has 0 saturated heterocycles. The van der Waals surface area contributed by atoms with Gasteiger partial charge in [-0.15, -0.1) is 0 Å². The van der Waals surface area contributed by atoms with Crippen molar-refractivity contribution in [3.05, 3.63) is 95.3 Å². The summed E-state index contributed by atoms with van der Waals surface area (Å²) in [6.07, 6.45) is 0.271. The molecule has 0 aliphatic heterocycles. The number of sulfonamides is 1. The van der Waals surface area contributed by atoms with Crippen LogP contribution in [0.4, 0.5) is 10.1 Å². The number of nitrogens with zero attached hydrogens (tertiary/aromatic N) is 2. The molecule has 1 N–H and O–H groups in total. The van der Waals surface area contributed by atoms with Crippen LogP contribution in [0.2, 0.25) is 5.02 Å². The topological polar surface area (TPSA) is 86.8 Å². The summed E-state index contributed by atoms with van der Waals surface area (Å²) in [4.78, 5) is 27.9. The molecule has 10 heteroatoms. The number of carbonyl (C=O) groups is 2. The minimum absolute atomic E-state index is 0.0371. The number of benzene rings is 3. The van der Waals surface area contributed by atoms with Crippen LogP contribution in [0.1, 0.15) is 25.8 Å². The summed E-state index contributed by atoms with van der Waals surface area (Å²) < 4.78 is 42.9. The number of nitrogens with one attached hydrogen (secondary N) is 1. The van der Waals surface area contributed by atoms with E-state index >= 15 is 0 Å². The lowest BCUT2D eigenvalue weighted by Gasteiger charge is -2.33. The van der Waals surface area contributed by atoms with Gasteiger partial charge in [-0.25, -0.2) is 12.8 Å². The maximum atomic E-state index is 14.9. The maximum Gasteiger partial charge on any atom is 0.264 e. The van der Waals surface area contributed by atoms with E-state index in [1.54, 1.807) is 56.3 Å². The molecule has 0 aliphatic carbocycles. The number of anilines is 1. The highest BCUT2D eigenvalue weighted by Crippen LogP contribution is 2.27. The second-order valence-electron chi connectivity index (χ2n) is 8.21. The molecule has 7 nitrogen and oxygen atoms in total. The van der Waals surface area contributed by atoms with E-state index in [0.717, 1.165) is 10.4 Å². The van der Waals surface area contributed by atoms with Gasteiger partial charge in [0.15, 0.2) is 0 Å². The second kappa shape index (κ2) is 12.7. The van der Waals surface area contributed by atoms with E-state index < -0.39 is 34.3 Å². The van der Waals surface area contributed by atoms with Gasteiger partial charge >= 0.3 is 0 Å². The normalized spacial score (nSPS) is 12.0. The van der Waals surface area contributed by atoms with Crippen molar-refractivity contribution >= 4 is 39.1 Å². The summed E-state index contributed by atoms with van der Waals surface area (Å²) in [6, 6.07) is 18.8. The van der Waals surface area contributed by atoms with E-state index in [9.17, 15) is 22.4 Å². The van der Waals surface area contributed by atoms with Crippen LogP contribution < -0.4 is 9.62 Å². The lowest BCUT2D eigenvalue weighted by atomic mass is 10.1. The van der Waals surface area contributed by atoms with Crippen molar-refractivity contribution in [1.82, 2.24) is 10.2 Å². The zero-order valence-corrected chi connectivity index (χ0v) is 22.2. The van der Waals surface area contributed by atoms with E-state index in [1.165, 1.54) is 35.2 Å². The lowest BCUT2D eigenvalue weighted by Crippen LogP contribution is -2.52. The summed E-state index contributed by atoms with van der Waals surface area (Å²) >= 11 is 6.34. The van der Waals surface area contributed by atoms with Gasteiger partial charge < -0.3 is 10.2 Å². The molecule has 0 spiro atoms. The fourth-order valence-corrected chi connectivity index (χ4v) is 5.55. The molecule has 0 radical (unpaired) electrons. The van der Waals surface area contributed by atoms with Crippen LogP contribution in [0.25, 0.3) is 0 Å². The predicted octanol–water partition coefficient (Wildman–Crippen LogP) is 4.62. The van der Waals surface area contributed by atoms with Gasteiger partial charge in [0.25, 0.3) is 10.0 Å². The van der Waals surface area contributed by atoms with Crippen LogP contribution >= 0.6 is 11.6 Å². The van der Waals surface area contributed by atoms with Crippen molar-refractivity contribution in [1.29, 1.82) is 0 Å². The van der Waals surface area contributed by atoms with Gasteiger partial charge in [-0.2, -0.15) is 0 Å². The zero-order valence-electron chi connectivity index (χ0n) is 20.6. The summed E-state index contributed by atoms with van der Waals surface area (Å²) in [6.45, 7) is 3.11. The van der Waals surface area contributed by atoms with Crippen LogP contribution in [-0.4, -0.2) is 44.3 Å². The first-order valence-corrected chi connectivity index (χ1v) is 13.6. The van der Waals surface area contributed by atoms with Gasteiger partial charge in [0.1, 0.15) is 18.4 Å². The van der Waals surface area contributed by atoms with Crippen molar-refractivity contribution in [3.63, 3.8) is 0 Å². The Morgan fingerprint density at radius 3 is 2.19 bits per heavy atom. The molecule has 3 rings (SSSR count). The van der Waals surface area contributed by atoms with Crippen molar-refractivity contribution < 1.29 is 22.4 Å². The van der Waals surface area contributed by atoms with E-state index in [0.29, 0.717) is 17.1 Å². The van der Waals surface area contributed by atoms with E-state index in [2.05, 4.69) is 5.32 Å². The molecule has 37 heavy (non-hydrogen) atoms. The number of amides is 2. The number of rotatable bonds is 11. The monoisotopic (exact) mass is 545 g/mol. The summed E-state index contributed by atoms with van der Waals surface area (Å²) in [5.41, 5.74) is 0.312. The molecule has 0 unspecified atom stereocenters. The number of hydrogen-bond acceptors (Lipinski definition) is 4. The highest BCUT2D eigenvalue weighted by atomic mass is 35.5. The SMILES string of the molecule is CCNC(=O)[C@@H](CC)N(Cc1ccccc1Cl)C(=O)CN(c1ccccc1F)S(=O)(=O)c1ccccc1. The third kappa shape index (κ3) is 6.67. The van der Waals surface area contributed by atoms with Crippen molar-refractivity contribution in [3.8, 4) is 0 Å². The Labute approximate surface area is 221 Å². The zero-order chi connectivity index (χ0) is 27.0. The molecule has 0 aliphatic rings. The van der Waals surface area contributed by atoms with Gasteiger partial charge in [-0.3, -0.25) is 13.9 Å². The van der Waals surface area contributed by atoms with Crippen LogP contribution in [0.3, 0.4) is 0 Å². The molecular weight excluding hydrogens is 517 g/mol. The Hall–Kier alpha value is -3.43. The first-order valence-electron chi connectivity index (χ1n) is 11.8. The van der Waals surface area contributed by atoms with Gasteiger partial charge in [-0.05, 0) is 49.2 Å². The minimum atomic E-state index is -4.33. The predicted molar refractivity (Wildman–Crippen MR) is 142 cm³/mol. The van der Waals surface area contributed by atoms with Crippen LogP contribution in [0, 0.1) is 5.82 Å². The Kier molecular flexibility index (Phi) is 9.66. The fourth-order valence-electron chi connectivity index (χ4n) is 3.91. The molecule has 0 fully saturated rings. The van der Waals surface area contributed by atoms with Gasteiger partial charge in [0.05, 0.1) is 10.6 Å². The molecule has 0 heterocycles. The Balaban J connectivity index is 2.07. The maximum absolute atomic E-state index is 14.9. The molecule has 0 bridgehead atoms. The van der Waals surface area contributed by atoms with Crippen LogP contribution in [0.5, 0.6) is 0 Å². The van der Waals surface area contributed by atoms with Gasteiger partial charge in [-0.1, -0.05) is 67.1 Å². The molecule has 0 aromatic heterocycles. The van der Waals surface area contributed by atoms with Crippen LogP contribution in [-0.2, 0) is 26.2 Å². The van der Waals surface area contributed by atoms with E-state index in [4.69, 9.17) is 11.6 Å². The first-order chi connectivity index (χ1) is 17.7. The highest BCUT2D eigenvalue weighted by molar-refractivity contribution is 7.92. The number of halogens is 2. The first kappa shape index (κ1) is 28.1. The summed E-state index contributed by atoms with van der Waals surface area (Å²) in [5, 5.41) is 3.12. The summed E-state index contributed by atoms with van der Waals surface area (Å²) in [7, 11) is -4.33. The average Bonchev–Trinajstić information content (AvgIpc) is 2.89. The molecular formula is C27H29ClFN3O4S. The number of likely N-dealkylation sites (N-methyl/N-ethyl adjacent to an activating group) is 1. The van der Waals surface area contributed by atoms with E-state index in [-0.39, 0.29) is 29.5 Å². The summed E-state index contributed by atoms with van der Waals surface area (Å²) in [5.74, 6) is -1.86. The molecule has 2 amide bonds. The van der Waals surface area contributed by atoms with Crippen molar-refractivity contribution in [2.45, 2.75) is 37.8 Å². The van der Waals surface area contributed by atoms with E-state index in [1.807, 2.05) is 0 Å². The third-order valence-corrected chi connectivity index (χ3v) is 7.91. The average molecular weight is 546 g/mol. The van der Waals surface area contributed by atoms with Crippen molar-refractivity contribution in [2.24, 2.45) is 0 Å². The van der Waals surface area contributed by atoms with Gasteiger partial charge in [0, 0.05) is 18.1 Å². The van der Waals surface area contributed by atoms with Crippen LogP contribution in [0.15, 0.2) is 83.8 Å². The third-order valence-electron chi connectivity index (χ3n) is 5.77. The molecule has 196 valence electrons. The lowest BCUT2D eigenvalue weighted by molar-refractivity contribution is -0.140. The second-order valence-corrected chi connectivity index (χ2v) is 10.5. The van der Waals surface area contributed by atoms with Gasteiger partial charge in [0.2, 0.25) is 11.8 Å². The molecule has 3 aromatic rings.